The summed E-state index contributed by atoms with van der Waals surface area (Å²) in [6.07, 6.45) is 3.17. The number of amides is 1. The maximum absolute atomic E-state index is 13.9. The molecule has 1 atom stereocenters. The van der Waals surface area contributed by atoms with Crippen molar-refractivity contribution in [1.82, 2.24) is 19.9 Å². The summed E-state index contributed by atoms with van der Waals surface area (Å²) >= 11 is 5.24. The van der Waals surface area contributed by atoms with E-state index >= 15 is 0 Å². The number of nitrogens with one attached hydrogen (secondary N) is 1. The molecule has 4 heterocycles. The zero-order valence-electron chi connectivity index (χ0n) is 14.0. The predicted molar refractivity (Wildman–Crippen MR) is 91.7 cm³/mol. The van der Waals surface area contributed by atoms with E-state index in [0.717, 1.165) is 23.4 Å². The van der Waals surface area contributed by atoms with Crippen LogP contribution in [0.1, 0.15) is 29.0 Å². The third-order valence-corrected chi connectivity index (χ3v) is 4.43. The van der Waals surface area contributed by atoms with Crippen LogP contribution < -0.4 is 5.32 Å². The van der Waals surface area contributed by atoms with Crippen LogP contribution in [0.25, 0.3) is 17.1 Å². The van der Waals surface area contributed by atoms with Crippen molar-refractivity contribution in [2.24, 2.45) is 0 Å². The van der Waals surface area contributed by atoms with Crippen molar-refractivity contribution in [1.29, 1.82) is 0 Å². The van der Waals surface area contributed by atoms with E-state index in [4.69, 9.17) is 20.8 Å². The van der Waals surface area contributed by atoms with Gasteiger partial charge in [-0.05, 0) is 42.6 Å². The van der Waals surface area contributed by atoms with Gasteiger partial charge in [-0.25, -0.2) is 9.50 Å². The van der Waals surface area contributed by atoms with Gasteiger partial charge in [-0.2, -0.15) is 13.9 Å². The van der Waals surface area contributed by atoms with Gasteiger partial charge in [0.05, 0.1) is 12.4 Å². The van der Waals surface area contributed by atoms with Gasteiger partial charge in [0.1, 0.15) is 11.4 Å². The Morgan fingerprint density at radius 2 is 2.30 bits per heavy atom. The molecular formula is C17H15ClF2N4O3. The standard InChI is InChI=1S/C17H15ClF2N4O3/c18-17(19,20)14-7-11(13-4-2-6-27-13)22-15-8-12(23-24(14)15)16(25)21-9-10-3-1-5-26-10/h2,4,6-8,10H,1,3,5,9H2,(H,21,25)/t10-/m0/s1. The molecule has 1 saturated heterocycles. The first-order chi connectivity index (χ1) is 12.9. The molecule has 27 heavy (non-hydrogen) atoms. The summed E-state index contributed by atoms with van der Waals surface area (Å²) in [5, 5.41) is 2.94. The van der Waals surface area contributed by atoms with E-state index in [0.29, 0.717) is 18.9 Å². The lowest BCUT2D eigenvalue weighted by atomic mass is 10.2. The molecule has 0 aromatic carbocycles. The van der Waals surface area contributed by atoms with Crippen LogP contribution in [-0.2, 0) is 10.1 Å². The number of halogens is 3. The summed E-state index contributed by atoms with van der Waals surface area (Å²) in [5.41, 5.74) is -0.437. The second-order valence-corrected chi connectivity index (χ2v) is 6.62. The molecule has 1 aliphatic rings. The number of carbonyl (C=O) groups is 1. The Bertz CT molecular complexity index is 963. The number of hydrogen-bond acceptors (Lipinski definition) is 5. The second-order valence-electron chi connectivity index (χ2n) is 6.15. The van der Waals surface area contributed by atoms with Crippen LogP contribution in [-0.4, -0.2) is 39.8 Å². The van der Waals surface area contributed by atoms with Gasteiger partial charge in [-0.1, -0.05) is 0 Å². The fourth-order valence-corrected chi connectivity index (χ4v) is 3.07. The number of alkyl halides is 3. The van der Waals surface area contributed by atoms with Gasteiger partial charge in [0, 0.05) is 19.2 Å². The fraction of sp³-hybridized carbons (Fsp3) is 0.353. The highest BCUT2D eigenvalue weighted by molar-refractivity contribution is 6.21. The fourth-order valence-electron chi connectivity index (χ4n) is 2.94. The lowest BCUT2D eigenvalue weighted by molar-refractivity contribution is 0.0841. The molecule has 1 fully saturated rings. The van der Waals surface area contributed by atoms with Crippen LogP contribution >= 0.6 is 11.6 Å². The largest absolute Gasteiger partial charge is 0.463 e. The zero-order chi connectivity index (χ0) is 19.0. The molecular weight excluding hydrogens is 382 g/mol. The van der Waals surface area contributed by atoms with E-state index in [9.17, 15) is 13.6 Å². The minimum Gasteiger partial charge on any atom is -0.463 e. The van der Waals surface area contributed by atoms with Crippen molar-refractivity contribution in [2.45, 2.75) is 24.3 Å². The number of fused-ring (bicyclic) bond motifs is 1. The highest BCUT2D eigenvalue weighted by atomic mass is 35.5. The maximum atomic E-state index is 13.9. The van der Waals surface area contributed by atoms with Gasteiger partial charge < -0.3 is 14.5 Å². The van der Waals surface area contributed by atoms with E-state index in [1.807, 2.05) is 0 Å². The number of hydrogen-bond donors (Lipinski definition) is 1. The minimum absolute atomic E-state index is 0.0424. The molecule has 0 bridgehead atoms. The zero-order valence-corrected chi connectivity index (χ0v) is 14.7. The average Bonchev–Trinajstić information content (AvgIpc) is 3.38. The molecule has 0 unspecified atom stereocenters. The number of furan rings is 1. The molecule has 0 spiro atoms. The topological polar surface area (TPSA) is 81.7 Å². The number of aromatic nitrogens is 3. The van der Waals surface area contributed by atoms with E-state index in [-0.39, 0.29) is 23.1 Å². The molecule has 10 heteroatoms. The molecule has 3 aromatic heterocycles. The number of carbonyl (C=O) groups excluding carboxylic acids is 1. The minimum atomic E-state index is -3.71. The Kier molecular flexibility index (Phi) is 4.56. The number of nitrogens with zero attached hydrogens (tertiary/aromatic N) is 3. The van der Waals surface area contributed by atoms with E-state index in [1.54, 1.807) is 12.1 Å². The Morgan fingerprint density at radius 3 is 2.96 bits per heavy atom. The van der Waals surface area contributed by atoms with E-state index < -0.39 is 17.0 Å². The SMILES string of the molecule is O=C(NC[C@@H]1CCCO1)c1cc2nc(-c3ccco3)cc(C(F)(F)Cl)n2n1. The summed E-state index contributed by atoms with van der Waals surface area (Å²) in [4.78, 5) is 16.6. The van der Waals surface area contributed by atoms with Crippen LogP contribution in [0.15, 0.2) is 34.9 Å². The Hall–Kier alpha value is -2.52. The predicted octanol–water partition coefficient (Wildman–Crippen LogP) is 3.19. The molecule has 0 radical (unpaired) electrons. The van der Waals surface area contributed by atoms with Gasteiger partial charge in [0.2, 0.25) is 0 Å². The summed E-state index contributed by atoms with van der Waals surface area (Å²) in [6, 6.07) is 5.60. The first-order valence-electron chi connectivity index (χ1n) is 8.33. The van der Waals surface area contributed by atoms with Gasteiger partial charge in [-0.15, -0.1) is 0 Å². The van der Waals surface area contributed by atoms with Gasteiger partial charge in [0.15, 0.2) is 17.1 Å². The van der Waals surface area contributed by atoms with Crippen LogP contribution in [0, 0.1) is 0 Å². The first-order valence-corrected chi connectivity index (χ1v) is 8.71. The molecule has 4 rings (SSSR count). The van der Waals surface area contributed by atoms with Crippen LogP contribution in [0.4, 0.5) is 8.78 Å². The highest BCUT2D eigenvalue weighted by Gasteiger charge is 2.33. The van der Waals surface area contributed by atoms with Crippen molar-refractivity contribution in [3.8, 4) is 11.5 Å². The Balaban J connectivity index is 1.68. The van der Waals surface area contributed by atoms with Gasteiger partial charge >= 0.3 is 5.38 Å². The van der Waals surface area contributed by atoms with E-state index in [2.05, 4.69) is 15.4 Å². The Labute approximate surface area is 157 Å². The Morgan fingerprint density at radius 1 is 1.44 bits per heavy atom. The monoisotopic (exact) mass is 396 g/mol. The molecule has 1 amide bonds. The third-order valence-electron chi connectivity index (χ3n) is 4.24. The smallest absolute Gasteiger partial charge is 0.364 e. The molecule has 1 aliphatic heterocycles. The highest BCUT2D eigenvalue weighted by Crippen LogP contribution is 2.34. The summed E-state index contributed by atoms with van der Waals surface area (Å²) in [6.45, 7) is 0.999. The van der Waals surface area contributed by atoms with Crippen molar-refractivity contribution >= 4 is 23.2 Å². The van der Waals surface area contributed by atoms with Gasteiger partial charge in [0.25, 0.3) is 5.91 Å². The molecule has 7 nitrogen and oxygen atoms in total. The number of rotatable bonds is 5. The summed E-state index contributed by atoms with van der Waals surface area (Å²) in [5.74, 6) is -0.204. The van der Waals surface area contributed by atoms with Crippen molar-refractivity contribution in [2.75, 3.05) is 13.2 Å². The van der Waals surface area contributed by atoms with Crippen molar-refractivity contribution in [3.63, 3.8) is 0 Å². The molecule has 0 aliphatic carbocycles. The second kappa shape index (κ2) is 6.90. The summed E-state index contributed by atoms with van der Waals surface area (Å²) < 4.78 is 39.3. The quantitative estimate of drug-likeness (QED) is 0.670. The first kappa shape index (κ1) is 17.9. The van der Waals surface area contributed by atoms with Gasteiger partial charge in [-0.3, -0.25) is 4.79 Å². The molecule has 1 N–H and O–H groups in total. The van der Waals surface area contributed by atoms with Crippen LogP contribution in [0.3, 0.4) is 0 Å². The summed E-state index contributed by atoms with van der Waals surface area (Å²) in [7, 11) is 0. The lowest BCUT2D eigenvalue weighted by Crippen LogP contribution is -2.32. The average molecular weight is 397 g/mol. The van der Waals surface area contributed by atoms with E-state index in [1.165, 1.54) is 12.3 Å². The lowest BCUT2D eigenvalue weighted by Gasteiger charge is -2.11. The maximum Gasteiger partial charge on any atom is 0.364 e. The van der Waals surface area contributed by atoms with Crippen LogP contribution in [0.2, 0.25) is 0 Å². The van der Waals surface area contributed by atoms with Crippen LogP contribution in [0.5, 0.6) is 0 Å². The molecule has 142 valence electrons. The number of ether oxygens (including phenoxy) is 1. The molecule has 0 saturated carbocycles. The normalized spacial score (nSPS) is 17.5. The molecule has 3 aromatic rings. The van der Waals surface area contributed by atoms with Crippen molar-refractivity contribution < 1.29 is 22.7 Å². The third kappa shape index (κ3) is 3.65. The van der Waals surface area contributed by atoms with Crippen molar-refractivity contribution in [3.05, 3.63) is 41.9 Å².